The van der Waals surface area contributed by atoms with E-state index in [-0.39, 0.29) is 12.2 Å². The summed E-state index contributed by atoms with van der Waals surface area (Å²) in [6, 6.07) is 0. The Labute approximate surface area is 136 Å². The van der Waals surface area contributed by atoms with Gasteiger partial charge in [-0.3, -0.25) is 20.0 Å². The number of nitro groups is 1. The van der Waals surface area contributed by atoms with Crippen LogP contribution in [0.5, 0.6) is 0 Å². The summed E-state index contributed by atoms with van der Waals surface area (Å²) in [5.41, 5.74) is 0.719. The van der Waals surface area contributed by atoms with Gasteiger partial charge >= 0.3 is 6.23 Å². The van der Waals surface area contributed by atoms with E-state index in [9.17, 15) is 14.9 Å². The number of hydrogen-bond acceptors (Lipinski definition) is 6. The highest BCUT2D eigenvalue weighted by Gasteiger charge is 2.28. The van der Waals surface area contributed by atoms with Crippen LogP contribution in [0.2, 0.25) is 19.6 Å². The molecule has 1 N–H and O–H groups in total. The Balaban J connectivity index is 2.07. The number of hydrogen-bond donors (Lipinski definition) is 1. The van der Waals surface area contributed by atoms with E-state index in [0.29, 0.717) is 25.0 Å². The van der Waals surface area contributed by atoms with E-state index in [2.05, 4.69) is 29.8 Å². The second kappa shape index (κ2) is 7.22. The highest BCUT2D eigenvalue weighted by atomic mass is 28.3. The molecule has 0 aromatic carbocycles. The van der Waals surface area contributed by atoms with Crippen molar-refractivity contribution in [2.45, 2.75) is 45.1 Å². The summed E-state index contributed by atoms with van der Waals surface area (Å²) in [7, 11) is -1.53. The average Bonchev–Trinajstić information content (AvgIpc) is 2.90. The predicted octanol–water partition coefficient (Wildman–Crippen LogP) is 1.62. The molecular formula is C14H24N4O4Si. The van der Waals surface area contributed by atoms with E-state index >= 15 is 0 Å². The first kappa shape index (κ1) is 17.6. The maximum absolute atomic E-state index is 11.6. The Morgan fingerprint density at radius 1 is 1.52 bits per heavy atom. The molecule has 1 aromatic rings. The lowest BCUT2D eigenvalue weighted by Gasteiger charge is -2.27. The molecule has 1 unspecified atom stereocenters. The van der Waals surface area contributed by atoms with Crippen LogP contribution in [0.25, 0.3) is 0 Å². The van der Waals surface area contributed by atoms with E-state index in [1.165, 1.54) is 0 Å². The van der Waals surface area contributed by atoms with E-state index in [4.69, 9.17) is 4.74 Å². The number of aromatic nitrogens is 2. The number of anilines is 1. The third kappa shape index (κ3) is 5.14. The minimum absolute atomic E-state index is 0.147. The molecule has 1 atom stereocenters. The fraction of sp³-hybridized carbons (Fsp3) is 0.714. The molecule has 1 fully saturated rings. The van der Waals surface area contributed by atoms with Gasteiger partial charge in [0.05, 0.1) is 32.2 Å². The number of ether oxygens (including phenoxy) is 1. The molecule has 0 radical (unpaired) electrons. The molecule has 1 aliphatic heterocycles. The van der Waals surface area contributed by atoms with Crippen LogP contribution in [0.3, 0.4) is 0 Å². The van der Waals surface area contributed by atoms with Crippen molar-refractivity contribution in [3.63, 3.8) is 0 Å². The van der Waals surface area contributed by atoms with Crippen molar-refractivity contribution in [1.82, 2.24) is 10.2 Å². The molecule has 8 nitrogen and oxygen atoms in total. The highest BCUT2D eigenvalue weighted by Crippen LogP contribution is 2.22. The van der Waals surface area contributed by atoms with Crippen molar-refractivity contribution in [2.24, 2.45) is 0 Å². The van der Waals surface area contributed by atoms with E-state index in [1.54, 1.807) is 6.20 Å². The Morgan fingerprint density at radius 3 is 2.87 bits per heavy atom. The Bertz CT molecular complexity index is 569. The minimum atomic E-state index is -1.53. The van der Waals surface area contributed by atoms with Gasteiger partial charge in [0, 0.05) is 24.8 Å². The molecular weight excluding hydrogens is 316 g/mol. The number of rotatable bonds is 7. The molecule has 128 valence electrons. The van der Waals surface area contributed by atoms with Crippen molar-refractivity contribution in [3.8, 4) is 0 Å². The van der Waals surface area contributed by atoms with Crippen molar-refractivity contribution in [3.05, 3.63) is 21.9 Å². The van der Waals surface area contributed by atoms with Crippen molar-refractivity contribution >= 4 is 19.7 Å². The molecule has 2 rings (SSSR count). The lowest BCUT2D eigenvalue weighted by Crippen LogP contribution is -2.37. The van der Waals surface area contributed by atoms with Gasteiger partial charge in [-0.2, -0.15) is 5.10 Å². The molecule has 0 bridgehead atoms. The van der Waals surface area contributed by atoms with Crippen LogP contribution in [0.4, 0.5) is 5.82 Å². The first-order valence-electron chi connectivity index (χ1n) is 7.80. The van der Waals surface area contributed by atoms with Crippen LogP contribution >= 0.6 is 0 Å². The summed E-state index contributed by atoms with van der Waals surface area (Å²) < 4.78 is 5.54. The van der Waals surface area contributed by atoms with E-state index in [1.807, 2.05) is 4.90 Å². The van der Waals surface area contributed by atoms with Crippen molar-refractivity contribution in [2.75, 3.05) is 24.2 Å². The topological polar surface area (TPSA) is 101 Å². The van der Waals surface area contributed by atoms with Gasteiger partial charge in [-0.05, 0) is 6.42 Å². The number of nitrogens with one attached hydrogen (secondary N) is 1. The average molecular weight is 340 g/mol. The quantitative estimate of drug-likeness (QED) is 0.350. The van der Waals surface area contributed by atoms with Gasteiger partial charge in [-0.1, -0.05) is 19.6 Å². The summed E-state index contributed by atoms with van der Waals surface area (Å²) >= 11 is 0. The van der Waals surface area contributed by atoms with Gasteiger partial charge in [-0.15, -0.1) is 0 Å². The Kier molecular flexibility index (Phi) is 5.53. The highest BCUT2D eigenvalue weighted by molar-refractivity contribution is 6.76. The van der Waals surface area contributed by atoms with Gasteiger partial charge in [0.1, 0.15) is 5.82 Å². The van der Waals surface area contributed by atoms with Gasteiger partial charge in [-0.25, -0.2) is 0 Å². The Hall–Kier alpha value is -1.74. The Morgan fingerprint density at radius 2 is 2.26 bits per heavy atom. The van der Waals surface area contributed by atoms with Crippen molar-refractivity contribution in [1.29, 1.82) is 0 Å². The van der Waals surface area contributed by atoms with Crippen LogP contribution in [-0.2, 0) is 16.0 Å². The number of piperidine rings is 1. The lowest BCUT2D eigenvalue weighted by molar-refractivity contribution is -0.574. The zero-order valence-corrected chi connectivity index (χ0v) is 14.9. The number of nitrogens with zero attached hydrogens (tertiary/aromatic N) is 3. The van der Waals surface area contributed by atoms with E-state index in [0.717, 1.165) is 18.5 Å². The summed E-state index contributed by atoms with van der Waals surface area (Å²) in [5.74, 6) is 0.874. The number of aromatic amines is 1. The molecule has 1 saturated heterocycles. The number of ketones is 1. The molecule has 2 heterocycles. The standard InChI is InChI=1S/C14H24N4O4Si/c1-23(2,3)10-22-13(18(20)21)7-11-8-15-16-14(11)17-6-4-5-12(19)9-17/h8,13H,4-7,9-10H2,1-3H3,(H,15,16). The largest absolute Gasteiger partial charge is 0.349 e. The fourth-order valence-electron chi connectivity index (χ4n) is 2.49. The molecule has 1 aliphatic rings. The lowest BCUT2D eigenvalue weighted by atomic mass is 10.1. The van der Waals surface area contributed by atoms with Crippen LogP contribution < -0.4 is 4.90 Å². The van der Waals surface area contributed by atoms with Crippen LogP contribution in [0.1, 0.15) is 18.4 Å². The molecule has 0 spiro atoms. The van der Waals surface area contributed by atoms with Crippen LogP contribution in [-0.4, -0.2) is 54.5 Å². The second-order valence-corrected chi connectivity index (χ2v) is 12.5. The number of H-pyrrole nitrogens is 1. The summed E-state index contributed by atoms with van der Waals surface area (Å²) in [5, 5.41) is 18.1. The van der Waals surface area contributed by atoms with Crippen LogP contribution in [0, 0.1) is 10.1 Å². The fourth-order valence-corrected chi connectivity index (χ4v) is 3.18. The predicted molar refractivity (Wildman–Crippen MR) is 88.8 cm³/mol. The zero-order chi connectivity index (χ0) is 17.0. The molecule has 0 amide bonds. The summed E-state index contributed by atoms with van der Waals surface area (Å²) in [6.07, 6.45) is 2.47. The van der Waals surface area contributed by atoms with Gasteiger partial charge in [0.2, 0.25) is 0 Å². The number of Topliss-reactive ketones (excluding diaryl/α,β-unsaturated/α-hetero) is 1. The molecule has 0 saturated carbocycles. The molecule has 23 heavy (non-hydrogen) atoms. The zero-order valence-electron chi connectivity index (χ0n) is 13.9. The number of carbonyl (C=O) groups excluding carboxylic acids is 1. The molecule has 9 heteroatoms. The van der Waals surface area contributed by atoms with Gasteiger partial charge in [0.25, 0.3) is 0 Å². The van der Waals surface area contributed by atoms with Crippen LogP contribution in [0.15, 0.2) is 6.20 Å². The summed E-state index contributed by atoms with van der Waals surface area (Å²) in [6.45, 7) is 7.39. The van der Waals surface area contributed by atoms with Gasteiger partial charge < -0.3 is 9.64 Å². The maximum Gasteiger partial charge on any atom is 0.319 e. The third-order valence-corrected chi connectivity index (χ3v) is 4.63. The SMILES string of the molecule is C[Si](C)(C)COC(Cc1cn[nH]c1N1CCCC(=O)C1)[N+](=O)[O-]. The normalized spacial score (nSPS) is 17.3. The number of carbonyl (C=O) groups is 1. The smallest absolute Gasteiger partial charge is 0.319 e. The first-order valence-corrected chi connectivity index (χ1v) is 11.5. The monoisotopic (exact) mass is 340 g/mol. The summed E-state index contributed by atoms with van der Waals surface area (Å²) in [4.78, 5) is 24.4. The molecule has 1 aromatic heterocycles. The third-order valence-electron chi connectivity index (χ3n) is 3.60. The first-order chi connectivity index (χ1) is 10.8. The minimum Gasteiger partial charge on any atom is -0.349 e. The van der Waals surface area contributed by atoms with Gasteiger partial charge in [0.15, 0.2) is 5.78 Å². The maximum atomic E-state index is 11.6. The second-order valence-electron chi connectivity index (χ2n) is 7.12. The van der Waals surface area contributed by atoms with Crippen molar-refractivity contribution < 1.29 is 14.5 Å². The van der Waals surface area contributed by atoms with E-state index < -0.39 is 19.2 Å². The molecule has 0 aliphatic carbocycles.